The highest BCUT2D eigenvalue weighted by molar-refractivity contribution is 5.93. The molecule has 0 aliphatic carbocycles. The summed E-state index contributed by atoms with van der Waals surface area (Å²) in [6, 6.07) is 0.327. The first kappa shape index (κ1) is 20.2. The first-order chi connectivity index (χ1) is 12.8. The Balaban J connectivity index is 1.61. The Morgan fingerprint density at radius 2 is 1.89 bits per heavy atom. The number of piperidine rings is 1. The van der Waals surface area contributed by atoms with Gasteiger partial charge in [-0.25, -0.2) is 4.68 Å². The van der Waals surface area contributed by atoms with Crippen molar-refractivity contribution in [2.24, 2.45) is 0 Å². The summed E-state index contributed by atoms with van der Waals surface area (Å²) in [4.78, 5) is 15.1. The van der Waals surface area contributed by atoms with Crippen LogP contribution in [-0.4, -0.2) is 76.3 Å². The van der Waals surface area contributed by atoms with E-state index < -0.39 is 0 Å². The number of carbonyl (C=O) groups excluding carboxylic acids is 1. The van der Waals surface area contributed by atoms with E-state index in [0.717, 1.165) is 44.7 Å². The lowest BCUT2D eigenvalue weighted by Gasteiger charge is -2.45. The molecule has 3 heterocycles. The number of ether oxygens (including phenoxy) is 1. The number of hydrogen-bond acceptors (Lipinski definition) is 6. The molecule has 0 saturated carbocycles. The van der Waals surface area contributed by atoms with Gasteiger partial charge in [-0.05, 0) is 60.5 Å². The van der Waals surface area contributed by atoms with Crippen molar-refractivity contribution in [2.45, 2.75) is 71.2 Å². The van der Waals surface area contributed by atoms with Gasteiger partial charge < -0.3 is 15.4 Å². The van der Waals surface area contributed by atoms with Crippen LogP contribution in [0.15, 0.2) is 0 Å². The zero-order chi connectivity index (χ0) is 19.6. The molecule has 0 aromatic carbocycles. The molecule has 8 heteroatoms. The maximum atomic E-state index is 12.7. The van der Waals surface area contributed by atoms with Crippen LogP contribution in [0.2, 0.25) is 0 Å². The third-order valence-corrected chi connectivity index (χ3v) is 5.75. The zero-order valence-electron chi connectivity index (χ0n) is 17.3. The minimum Gasteiger partial charge on any atom is -0.373 e. The van der Waals surface area contributed by atoms with Crippen LogP contribution >= 0.6 is 0 Å². The van der Waals surface area contributed by atoms with Crippen molar-refractivity contribution in [1.29, 1.82) is 0 Å². The maximum absolute atomic E-state index is 12.7. The lowest BCUT2D eigenvalue weighted by Crippen LogP contribution is -2.58. The molecular weight excluding hydrogens is 344 g/mol. The number of aromatic nitrogens is 3. The molecule has 2 atom stereocenters. The van der Waals surface area contributed by atoms with Crippen LogP contribution in [0.1, 0.15) is 62.8 Å². The van der Waals surface area contributed by atoms with Gasteiger partial charge >= 0.3 is 0 Å². The molecule has 8 nitrogen and oxygen atoms in total. The Morgan fingerprint density at radius 1 is 1.26 bits per heavy atom. The van der Waals surface area contributed by atoms with Crippen LogP contribution in [0.5, 0.6) is 0 Å². The molecule has 0 unspecified atom stereocenters. The summed E-state index contributed by atoms with van der Waals surface area (Å²) in [6.07, 6.45) is 2.45. The lowest BCUT2D eigenvalue weighted by atomic mass is 10.00. The van der Waals surface area contributed by atoms with Crippen molar-refractivity contribution >= 4 is 5.91 Å². The molecular formula is C19H34N6O2. The Morgan fingerprint density at radius 3 is 2.52 bits per heavy atom. The average molecular weight is 379 g/mol. The van der Waals surface area contributed by atoms with E-state index in [1.807, 2.05) is 11.6 Å². The highest BCUT2D eigenvalue weighted by Crippen LogP contribution is 2.22. The number of hydrogen-bond donors (Lipinski definition) is 2. The van der Waals surface area contributed by atoms with E-state index in [1.165, 1.54) is 0 Å². The largest absolute Gasteiger partial charge is 0.373 e. The van der Waals surface area contributed by atoms with Gasteiger partial charge in [-0.15, -0.1) is 5.10 Å². The predicted molar refractivity (Wildman–Crippen MR) is 104 cm³/mol. The summed E-state index contributed by atoms with van der Waals surface area (Å²) >= 11 is 0. The first-order valence-electron chi connectivity index (χ1n) is 10.1. The van der Waals surface area contributed by atoms with E-state index in [-0.39, 0.29) is 23.7 Å². The van der Waals surface area contributed by atoms with E-state index in [4.69, 9.17) is 4.74 Å². The second-order valence-electron chi connectivity index (χ2n) is 8.61. The summed E-state index contributed by atoms with van der Waals surface area (Å²) in [5.41, 5.74) is 1.14. The maximum Gasteiger partial charge on any atom is 0.273 e. The molecule has 1 aromatic heterocycles. The number of nitrogens with zero attached hydrogens (tertiary/aromatic N) is 4. The van der Waals surface area contributed by atoms with Gasteiger partial charge in [0.15, 0.2) is 5.69 Å². The van der Waals surface area contributed by atoms with E-state index in [0.29, 0.717) is 18.3 Å². The van der Waals surface area contributed by atoms with Crippen LogP contribution in [0.4, 0.5) is 0 Å². The van der Waals surface area contributed by atoms with E-state index in [1.54, 1.807) is 0 Å². The van der Waals surface area contributed by atoms with E-state index in [2.05, 4.69) is 53.5 Å². The minimum atomic E-state index is -0.152. The summed E-state index contributed by atoms with van der Waals surface area (Å²) in [5.74, 6) is -0.143. The number of nitrogens with one attached hydrogen (secondary N) is 2. The Kier molecular flexibility index (Phi) is 6.18. The topological polar surface area (TPSA) is 84.3 Å². The molecule has 27 heavy (non-hydrogen) atoms. The van der Waals surface area contributed by atoms with Gasteiger partial charge in [-0.3, -0.25) is 9.69 Å². The van der Waals surface area contributed by atoms with Gasteiger partial charge in [0.1, 0.15) is 0 Å². The van der Waals surface area contributed by atoms with Crippen molar-refractivity contribution in [2.75, 3.05) is 32.7 Å². The van der Waals surface area contributed by atoms with Gasteiger partial charge in [-0.2, -0.15) is 0 Å². The first-order valence-corrected chi connectivity index (χ1v) is 10.1. The van der Waals surface area contributed by atoms with Gasteiger partial charge in [0.05, 0.1) is 23.9 Å². The summed E-state index contributed by atoms with van der Waals surface area (Å²) < 4.78 is 7.75. The molecule has 3 rings (SSSR count). The van der Waals surface area contributed by atoms with E-state index in [9.17, 15) is 4.79 Å². The summed E-state index contributed by atoms with van der Waals surface area (Å²) in [5, 5.41) is 14.9. The van der Waals surface area contributed by atoms with Crippen LogP contribution < -0.4 is 10.6 Å². The summed E-state index contributed by atoms with van der Waals surface area (Å²) in [7, 11) is 0. The molecule has 2 saturated heterocycles. The molecule has 1 aromatic rings. The van der Waals surface area contributed by atoms with Crippen molar-refractivity contribution < 1.29 is 9.53 Å². The van der Waals surface area contributed by atoms with Gasteiger partial charge in [0.2, 0.25) is 0 Å². The quantitative estimate of drug-likeness (QED) is 0.799. The number of carbonyl (C=O) groups is 1. The number of amides is 1. The molecule has 152 valence electrons. The Bertz CT molecular complexity index is 643. The van der Waals surface area contributed by atoms with Crippen LogP contribution in [0.3, 0.4) is 0 Å². The molecule has 0 bridgehead atoms. The standard InChI is InChI=1S/C19H34N6O2/c1-13-10-24(11-14(2)27-13)19(4,5)12-21-18(26)17-15(3)25(23-22-17)16-6-8-20-9-7-16/h13-14,16,20H,6-12H2,1-5H3,(H,21,26)/t13-,14-/m1/s1. The highest BCUT2D eigenvalue weighted by Gasteiger charge is 2.34. The molecule has 2 N–H and O–H groups in total. The van der Waals surface area contributed by atoms with Crippen LogP contribution in [-0.2, 0) is 4.74 Å². The molecule has 2 fully saturated rings. The molecule has 0 radical (unpaired) electrons. The normalized spacial score (nSPS) is 25.5. The van der Waals surface area contributed by atoms with Gasteiger partial charge in [0, 0.05) is 25.2 Å². The lowest BCUT2D eigenvalue weighted by molar-refractivity contribution is -0.0948. The Labute approximate surface area is 162 Å². The SMILES string of the molecule is Cc1c(C(=O)NCC(C)(C)N2C[C@@H](C)O[C@H](C)C2)nnn1C1CCNCC1. The second kappa shape index (κ2) is 8.24. The zero-order valence-corrected chi connectivity index (χ0v) is 17.3. The van der Waals surface area contributed by atoms with Crippen molar-refractivity contribution in [1.82, 2.24) is 30.5 Å². The predicted octanol–water partition coefficient (Wildman–Crippen LogP) is 1.13. The molecule has 0 spiro atoms. The highest BCUT2D eigenvalue weighted by atomic mass is 16.5. The number of morpholine rings is 1. The minimum absolute atomic E-state index is 0.143. The van der Waals surface area contributed by atoms with Crippen LogP contribution in [0.25, 0.3) is 0 Å². The van der Waals surface area contributed by atoms with Crippen molar-refractivity contribution in [3.05, 3.63) is 11.4 Å². The van der Waals surface area contributed by atoms with Crippen molar-refractivity contribution in [3.8, 4) is 0 Å². The van der Waals surface area contributed by atoms with E-state index >= 15 is 0 Å². The number of rotatable bonds is 5. The fraction of sp³-hybridized carbons (Fsp3) is 0.842. The average Bonchev–Trinajstić information content (AvgIpc) is 3.01. The second-order valence-corrected chi connectivity index (χ2v) is 8.61. The van der Waals surface area contributed by atoms with Crippen molar-refractivity contribution in [3.63, 3.8) is 0 Å². The molecule has 1 amide bonds. The monoisotopic (exact) mass is 378 g/mol. The summed E-state index contributed by atoms with van der Waals surface area (Å²) in [6.45, 7) is 14.7. The smallest absolute Gasteiger partial charge is 0.273 e. The fourth-order valence-electron chi connectivity index (χ4n) is 4.11. The Hall–Kier alpha value is -1.51. The third-order valence-electron chi connectivity index (χ3n) is 5.75. The molecule has 2 aliphatic rings. The van der Waals surface area contributed by atoms with Crippen LogP contribution in [0, 0.1) is 6.92 Å². The fourth-order valence-corrected chi connectivity index (χ4v) is 4.11. The molecule has 2 aliphatic heterocycles. The van der Waals surface area contributed by atoms with Gasteiger partial charge in [-0.1, -0.05) is 5.21 Å². The van der Waals surface area contributed by atoms with Gasteiger partial charge in [0.25, 0.3) is 5.91 Å². The third kappa shape index (κ3) is 4.67.